The van der Waals surface area contributed by atoms with Gasteiger partial charge in [0.15, 0.2) is 0 Å². The molecule has 0 radical (unpaired) electrons. The van der Waals surface area contributed by atoms with E-state index in [9.17, 15) is 4.79 Å². The third-order valence-electron chi connectivity index (χ3n) is 2.26. The summed E-state index contributed by atoms with van der Waals surface area (Å²) in [6, 6.07) is 0.293. The Labute approximate surface area is 65.7 Å². The van der Waals surface area contributed by atoms with Crippen LogP contribution in [0.4, 0.5) is 0 Å². The summed E-state index contributed by atoms with van der Waals surface area (Å²) in [5, 5.41) is 10.3. The summed E-state index contributed by atoms with van der Waals surface area (Å²) in [6.07, 6.45) is 1.42. The van der Waals surface area contributed by atoms with Gasteiger partial charge in [0.1, 0.15) is 0 Å². The van der Waals surface area contributed by atoms with Crippen LogP contribution in [0.3, 0.4) is 0 Å². The summed E-state index contributed by atoms with van der Waals surface area (Å²) >= 11 is 0. The number of carbonyl (C=O) groups is 1. The van der Waals surface area contributed by atoms with Gasteiger partial charge in [-0.15, -0.1) is 0 Å². The molecule has 1 rings (SSSR count). The first-order valence-corrected chi connectivity index (χ1v) is 3.65. The molecule has 1 aliphatic carbocycles. The molecule has 0 aromatic heterocycles. The van der Waals surface area contributed by atoms with E-state index in [4.69, 9.17) is 9.94 Å². The lowest BCUT2D eigenvalue weighted by molar-refractivity contribution is -0.178. The largest absolute Gasteiger partial charge is 0.481 e. The fourth-order valence-corrected chi connectivity index (χ4v) is 1.24. The first-order chi connectivity index (χ1) is 5.15. The number of hydrogen-bond acceptors (Lipinski definition) is 3. The molecule has 0 aromatic rings. The van der Waals surface area contributed by atoms with Gasteiger partial charge < -0.3 is 9.94 Å². The highest BCUT2D eigenvalue weighted by atomic mass is 16.7. The van der Waals surface area contributed by atoms with Crippen molar-refractivity contribution in [3.8, 4) is 0 Å². The highest BCUT2D eigenvalue weighted by molar-refractivity contribution is 5.71. The molecule has 0 amide bonds. The first kappa shape index (κ1) is 8.49. The fraction of sp³-hybridized carbons (Fsp3) is 0.857. The minimum Gasteiger partial charge on any atom is -0.481 e. The van der Waals surface area contributed by atoms with Gasteiger partial charge in [-0.1, -0.05) is 0 Å². The molecule has 0 atom stereocenters. The molecular weight excluding hydrogens is 146 g/mol. The molecule has 1 saturated carbocycles. The standard InChI is InChI=1S/C7H13NO3/c1-8(11-2)6-3-5(4-6)7(9)10/h5-6H,3-4H2,1-2H3,(H,9,10)/t5-,6+. The number of hydrogen-bond donors (Lipinski definition) is 1. The molecular formula is C7H13NO3. The Bertz CT molecular complexity index is 154. The molecule has 0 spiro atoms. The number of aliphatic carboxylic acids is 1. The molecule has 4 heteroatoms. The van der Waals surface area contributed by atoms with Crippen LogP contribution in [0.1, 0.15) is 12.8 Å². The molecule has 1 fully saturated rings. The number of hydroxylamine groups is 2. The van der Waals surface area contributed by atoms with Crippen LogP contribution in [0.5, 0.6) is 0 Å². The normalized spacial score (nSPS) is 30.1. The third kappa shape index (κ3) is 1.70. The second-order valence-electron chi connectivity index (χ2n) is 2.89. The second kappa shape index (κ2) is 3.19. The first-order valence-electron chi connectivity index (χ1n) is 3.65. The SMILES string of the molecule is CON(C)[C@H]1C[C@@H](C(=O)O)C1. The van der Waals surface area contributed by atoms with Crippen LogP contribution >= 0.6 is 0 Å². The minimum atomic E-state index is -0.689. The molecule has 0 bridgehead atoms. The van der Waals surface area contributed by atoms with Crippen molar-refractivity contribution in [2.45, 2.75) is 18.9 Å². The summed E-state index contributed by atoms with van der Waals surface area (Å²) in [5.74, 6) is -0.844. The molecule has 0 saturated heterocycles. The van der Waals surface area contributed by atoms with E-state index >= 15 is 0 Å². The summed E-state index contributed by atoms with van der Waals surface area (Å²) < 4.78 is 0. The van der Waals surface area contributed by atoms with Crippen molar-refractivity contribution in [1.29, 1.82) is 0 Å². The van der Waals surface area contributed by atoms with Crippen LogP contribution in [0.2, 0.25) is 0 Å². The summed E-state index contributed by atoms with van der Waals surface area (Å²) in [7, 11) is 3.41. The quantitative estimate of drug-likeness (QED) is 0.603. The number of nitrogens with zero attached hydrogens (tertiary/aromatic N) is 1. The lowest BCUT2D eigenvalue weighted by atomic mass is 9.80. The Balaban J connectivity index is 2.23. The topological polar surface area (TPSA) is 49.8 Å². The van der Waals surface area contributed by atoms with E-state index < -0.39 is 5.97 Å². The Hall–Kier alpha value is -0.610. The molecule has 1 N–H and O–H groups in total. The van der Waals surface area contributed by atoms with Crippen LogP contribution < -0.4 is 0 Å². The minimum absolute atomic E-state index is 0.155. The molecule has 64 valence electrons. The smallest absolute Gasteiger partial charge is 0.306 e. The Morgan fingerprint density at radius 3 is 2.55 bits per heavy atom. The predicted octanol–water partition coefficient (Wildman–Crippen LogP) is 0.343. The van der Waals surface area contributed by atoms with Gasteiger partial charge in [-0.05, 0) is 12.8 Å². The van der Waals surface area contributed by atoms with Gasteiger partial charge in [0.25, 0.3) is 0 Å². The average Bonchev–Trinajstić information content (AvgIpc) is 1.83. The molecule has 0 unspecified atom stereocenters. The van der Waals surface area contributed by atoms with Crippen molar-refractivity contribution < 1.29 is 14.7 Å². The van der Waals surface area contributed by atoms with Gasteiger partial charge in [-0.3, -0.25) is 4.79 Å². The van der Waals surface area contributed by atoms with Crippen LogP contribution in [-0.4, -0.2) is 36.3 Å². The second-order valence-corrected chi connectivity index (χ2v) is 2.89. The fourth-order valence-electron chi connectivity index (χ4n) is 1.24. The van der Waals surface area contributed by atoms with Gasteiger partial charge in [0, 0.05) is 13.1 Å². The van der Waals surface area contributed by atoms with E-state index in [0.717, 1.165) is 0 Å². The molecule has 4 nitrogen and oxygen atoms in total. The highest BCUT2D eigenvalue weighted by Gasteiger charge is 2.36. The van der Waals surface area contributed by atoms with Gasteiger partial charge >= 0.3 is 5.97 Å². The highest BCUT2D eigenvalue weighted by Crippen LogP contribution is 2.30. The summed E-state index contributed by atoms with van der Waals surface area (Å²) in [5.41, 5.74) is 0. The van der Waals surface area contributed by atoms with Crippen LogP contribution in [-0.2, 0) is 9.63 Å². The van der Waals surface area contributed by atoms with Crippen molar-refractivity contribution in [2.75, 3.05) is 14.2 Å². The van der Waals surface area contributed by atoms with Gasteiger partial charge in [0.2, 0.25) is 0 Å². The van der Waals surface area contributed by atoms with Crippen LogP contribution in [0.25, 0.3) is 0 Å². The van der Waals surface area contributed by atoms with E-state index in [1.165, 1.54) is 0 Å². The Kier molecular flexibility index (Phi) is 2.46. The van der Waals surface area contributed by atoms with Crippen molar-refractivity contribution in [1.82, 2.24) is 5.06 Å². The monoisotopic (exact) mass is 159 g/mol. The maximum atomic E-state index is 10.4. The van der Waals surface area contributed by atoms with Gasteiger partial charge in [0.05, 0.1) is 13.0 Å². The van der Waals surface area contributed by atoms with Crippen molar-refractivity contribution in [3.63, 3.8) is 0 Å². The summed E-state index contributed by atoms with van der Waals surface area (Å²) in [4.78, 5) is 15.3. The molecule has 0 aliphatic heterocycles. The van der Waals surface area contributed by atoms with Gasteiger partial charge in [-0.25, -0.2) is 0 Å². The molecule has 0 aromatic carbocycles. The Morgan fingerprint density at radius 2 is 2.18 bits per heavy atom. The average molecular weight is 159 g/mol. The van der Waals surface area contributed by atoms with E-state index in [0.29, 0.717) is 18.9 Å². The van der Waals surface area contributed by atoms with Crippen LogP contribution in [0, 0.1) is 5.92 Å². The van der Waals surface area contributed by atoms with E-state index in [1.807, 2.05) is 7.05 Å². The van der Waals surface area contributed by atoms with Crippen molar-refractivity contribution >= 4 is 5.97 Å². The molecule has 0 heterocycles. The van der Waals surface area contributed by atoms with Crippen molar-refractivity contribution in [3.05, 3.63) is 0 Å². The lowest BCUT2D eigenvalue weighted by Gasteiger charge is -2.37. The van der Waals surface area contributed by atoms with Crippen molar-refractivity contribution in [2.24, 2.45) is 5.92 Å². The zero-order chi connectivity index (χ0) is 8.43. The number of rotatable bonds is 3. The molecule has 11 heavy (non-hydrogen) atoms. The number of carboxylic acids is 1. The van der Waals surface area contributed by atoms with Gasteiger partial charge in [-0.2, -0.15) is 5.06 Å². The van der Waals surface area contributed by atoms with Crippen LogP contribution in [0.15, 0.2) is 0 Å². The Morgan fingerprint density at radius 1 is 1.64 bits per heavy atom. The zero-order valence-corrected chi connectivity index (χ0v) is 6.78. The van der Waals surface area contributed by atoms with E-state index in [2.05, 4.69) is 0 Å². The lowest BCUT2D eigenvalue weighted by Crippen LogP contribution is -2.44. The molecule has 1 aliphatic rings. The third-order valence-corrected chi connectivity index (χ3v) is 2.26. The maximum Gasteiger partial charge on any atom is 0.306 e. The predicted molar refractivity (Wildman–Crippen MR) is 38.9 cm³/mol. The van der Waals surface area contributed by atoms with E-state index in [-0.39, 0.29) is 5.92 Å². The zero-order valence-electron chi connectivity index (χ0n) is 6.78. The number of carboxylic acid groups (broad SMARTS) is 1. The van der Waals surface area contributed by atoms with E-state index in [1.54, 1.807) is 12.2 Å². The summed E-state index contributed by atoms with van der Waals surface area (Å²) in [6.45, 7) is 0. The maximum absolute atomic E-state index is 10.4.